The van der Waals surface area contributed by atoms with Gasteiger partial charge in [0, 0.05) is 0 Å². The smallest absolute Gasteiger partial charge is 0.258 e. The van der Waals surface area contributed by atoms with E-state index in [-0.39, 0.29) is 0 Å². The van der Waals surface area contributed by atoms with Crippen molar-refractivity contribution in [3.63, 3.8) is 0 Å². The average molecular weight is 288 g/mol. The summed E-state index contributed by atoms with van der Waals surface area (Å²) in [6.45, 7) is 1.15. The van der Waals surface area contributed by atoms with Crippen molar-refractivity contribution in [1.29, 1.82) is 0 Å². The molecule has 1 aromatic carbocycles. The lowest BCUT2D eigenvalue weighted by Gasteiger charge is -2.04. The van der Waals surface area contributed by atoms with Gasteiger partial charge in [-0.3, -0.25) is 30.3 Å². The van der Waals surface area contributed by atoms with Gasteiger partial charge in [0.05, 0.1) is 26.9 Å². The van der Waals surface area contributed by atoms with Crippen LogP contribution in [-0.4, -0.2) is 20.2 Å². The van der Waals surface area contributed by atoms with Crippen LogP contribution in [-0.2, 0) is 5.11 Å². The molecule has 0 heterocycles. The molecule has 0 bridgehead atoms. The third-order valence-corrected chi connectivity index (χ3v) is 2.91. The Morgan fingerprint density at radius 3 is 1.68 bits per heavy atom. The van der Waals surface area contributed by atoms with Gasteiger partial charge in [0.25, 0.3) is 17.1 Å². The van der Waals surface area contributed by atoms with E-state index in [0.717, 1.165) is 6.92 Å². The monoisotopic (exact) mass is 288 g/mol. The molecule has 1 rings (SSSR count). The molecule has 1 radical (unpaired) electrons. The fourth-order valence-electron chi connectivity index (χ4n) is 1.25. The van der Waals surface area contributed by atoms with Gasteiger partial charge in [-0.25, -0.2) is 5.11 Å². The highest BCUT2D eigenvalue weighted by atomic mass is 32.2. The first-order valence-electron chi connectivity index (χ1n) is 4.67. The van der Waals surface area contributed by atoms with E-state index in [4.69, 9.17) is 0 Å². The van der Waals surface area contributed by atoms with Crippen molar-refractivity contribution in [3.05, 3.63) is 42.5 Å². The van der Waals surface area contributed by atoms with Gasteiger partial charge < -0.3 is 0 Å². The Balaban J connectivity index is 3.60. The number of rotatable bonds is 5. The van der Waals surface area contributed by atoms with Gasteiger partial charge in [-0.15, -0.1) is 0 Å². The van der Waals surface area contributed by atoms with Crippen molar-refractivity contribution < 1.29 is 19.9 Å². The van der Waals surface area contributed by atoms with Gasteiger partial charge in [0.2, 0.25) is 0 Å². The lowest BCUT2D eigenvalue weighted by molar-refractivity contribution is -0.407. The minimum atomic E-state index is -1.39. The summed E-state index contributed by atoms with van der Waals surface area (Å²) < 4.78 is 0. The molecule has 0 N–H and O–H groups in total. The molecular weight excluding hydrogens is 282 g/mol. The Labute approximate surface area is 109 Å². The summed E-state index contributed by atoms with van der Waals surface area (Å²) in [6.07, 6.45) is 0. The molecule has 0 saturated carbocycles. The molecule has 0 spiro atoms. The molecule has 1 unspecified atom stereocenters. The Hall–Kier alpha value is -2.27. The number of nitro groups is 3. The Bertz CT molecular complexity index is 524. The van der Waals surface area contributed by atoms with Crippen molar-refractivity contribution in [2.45, 2.75) is 17.3 Å². The molecule has 10 nitrogen and oxygen atoms in total. The first-order chi connectivity index (χ1) is 8.73. The van der Waals surface area contributed by atoms with Gasteiger partial charge in [-0.05, 0) is 6.92 Å². The van der Waals surface area contributed by atoms with Gasteiger partial charge >= 0.3 is 0 Å². The van der Waals surface area contributed by atoms with Crippen LogP contribution in [0.25, 0.3) is 0 Å². The molecule has 0 aliphatic rings. The summed E-state index contributed by atoms with van der Waals surface area (Å²) >= 11 is 0.367. The highest BCUT2D eigenvalue weighted by Crippen LogP contribution is 2.41. The topological polar surface area (TPSA) is 149 Å². The van der Waals surface area contributed by atoms with Gasteiger partial charge in [0.15, 0.2) is 4.90 Å². The number of benzene rings is 1. The standard InChI is InChI=1S/C8H6N3O7S/c1-4(12)19-8-6(10(15)16)2-5(9(13)14)3-7(8)11(17)18/h2-4H,1H3. The van der Waals surface area contributed by atoms with Crippen LogP contribution in [0.15, 0.2) is 17.0 Å². The van der Waals surface area contributed by atoms with Crippen LogP contribution in [0.4, 0.5) is 17.1 Å². The second-order valence-electron chi connectivity index (χ2n) is 3.27. The normalized spacial score (nSPS) is 11.9. The summed E-state index contributed by atoms with van der Waals surface area (Å²) in [5.41, 5.74) is -3.82. The Morgan fingerprint density at radius 1 is 1.00 bits per heavy atom. The maximum atomic E-state index is 11.0. The zero-order chi connectivity index (χ0) is 14.7. The highest BCUT2D eigenvalue weighted by Gasteiger charge is 2.31. The van der Waals surface area contributed by atoms with E-state index in [9.17, 15) is 35.4 Å². The summed E-state index contributed by atoms with van der Waals surface area (Å²) in [6, 6.07) is 1.19. The maximum Gasteiger partial charge on any atom is 0.296 e. The summed E-state index contributed by atoms with van der Waals surface area (Å²) in [5.74, 6) is 0. The van der Waals surface area contributed by atoms with Crippen molar-refractivity contribution in [2.24, 2.45) is 0 Å². The van der Waals surface area contributed by atoms with E-state index in [1.165, 1.54) is 0 Å². The SMILES string of the molecule is CC([O])Sc1c([N+](=O)[O-])cc([N+](=O)[O-])cc1[N+](=O)[O-]. The lowest BCUT2D eigenvalue weighted by Crippen LogP contribution is -2.01. The fourth-order valence-corrected chi connectivity index (χ4v) is 2.09. The molecule has 0 aliphatic carbocycles. The Morgan fingerprint density at radius 2 is 1.42 bits per heavy atom. The fraction of sp³-hybridized carbons (Fsp3) is 0.250. The number of hydrogen-bond acceptors (Lipinski definition) is 7. The van der Waals surface area contributed by atoms with Gasteiger partial charge in [0.1, 0.15) is 5.44 Å². The van der Waals surface area contributed by atoms with Crippen LogP contribution in [0.5, 0.6) is 0 Å². The van der Waals surface area contributed by atoms with E-state index >= 15 is 0 Å². The minimum absolute atomic E-state index is 0.367. The van der Waals surface area contributed by atoms with Crippen molar-refractivity contribution in [1.82, 2.24) is 0 Å². The van der Waals surface area contributed by atoms with Crippen molar-refractivity contribution in [3.8, 4) is 0 Å². The second-order valence-corrected chi connectivity index (χ2v) is 4.58. The van der Waals surface area contributed by atoms with Crippen molar-refractivity contribution >= 4 is 28.8 Å². The first kappa shape index (κ1) is 14.8. The summed E-state index contributed by atoms with van der Waals surface area (Å²) in [5, 5.41) is 43.2. The van der Waals surface area contributed by atoms with Crippen molar-refractivity contribution in [2.75, 3.05) is 0 Å². The maximum absolute atomic E-state index is 11.0. The second kappa shape index (κ2) is 5.58. The lowest BCUT2D eigenvalue weighted by atomic mass is 10.2. The largest absolute Gasteiger partial charge is 0.296 e. The molecular formula is C8H6N3O7S. The van der Waals surface area contributed by atoms with E-state index in [0.29, 0.717) is 23.9 Å². The van der Waals surface area contributed by atoms with Gasteiger partial charge in [-0.1, -0.05) is 11.8 Å². The number of non-ortho nitro benzene ring substituents is 1. The van der Waals surface area contributed by atoms with Crippen LogP contribution in [0, 0.1) is 30.3 Å². The zero-order valence-electron chi connectivity index (χ0n) is 9.34. The number of hydrogen-bond donors (Lipinski definition) is 0. The van der Waals surface area contributed by atoms with Crippen LogP contribution in [0.1, 0.15) is 6.92 Å². The third-order valence-electron chi connectivity index (χ3n) is 1.92. The molecule has 0 saturated heterocycles. The van der Waals surface area contributed by atoms with E-state index < -0.39 is 42.2 Å². The number of nitrogens with zero attached hydrogens (tertiary/aromatic N) is 3. The van der Waals surface area contributed by atoms with Crippen LogP contribution in [0.2, 0.25) is 0 Å². The minimum Gasteiger partial charge on any atom is -0.258 e. The third kappa shape index (κ3) is 3.35. The molecule has 19 heavy (non-hydrogen) atoms. The van der Waals surface area contributed by atoms with E-state index in [1.54, 1.807) is 0 Å². The molecule has 1 aromatic rings. The predicted octanol–water partition coefficient (Wildman–Crippen LogP) is 2.28. The summed E-state index contributed by atoms with van der Waals surface area (Å²) in [4.78, 5) is 28.7. The molecule has 0 aromatic heterocycles. The molecule has 11 heteroatoms. The quantitative estimate of drug-likeness (QED) is 0.349. The van der Waals surface area contributed by atoms with Crippen LogP contribution in [0.3, 0.4) is 0 Å². The molecule has 101 valence electrons. The molecule has 0 fully saturated rings. The number of nitro benzene ring substituents is 3. The molecule has 1 atom stereocenters. The zero-order valence-corrected chi connectivity index (χ0v) is 10.2. The molecule has 0 aliphatic heterocycles. The molecule has 0 amide bonds. The average Bonchev–Trinajstić information content (AvgIpc) is 2.27. The van der Waals surface area contributed by atoms with Crippen LogP contribution >= 0.6 is 11.8 Å². The summed E-state index contributed by atoms with van der Waals surface area (Å²) in [7, 11) is 0. The Kier molecular flexibility index (Phi) is 4.34. The predicted molar refractivity (Wildman–Crippen MR) is 62.4 cm³/mol. The van der Waals surface area contributed by atoms with E-state index in [1.807, 2.05) is 0 Å². The number of thioether (sulfide) groups is 1. The first-order valence-corrected chi connectivity index (χ1v) is 5.55. The van der Waals surface area contributed by atoms with Crippen LogP contribution < -0.4 is 0 Å². The van der Waals surface area contributed by atoms with E-state index in [2.05, 4.69) is 0 Å². The highest BCUT2D eigenvalue weighted by molar-refractivity contribution is 8.00. The van der Waals surface area contributed by atoms with Gasteiger partial charge in [-0.2, -0.15) is 0 Å².